The zero-order chi connectivity index (χ0) is 10.3. The Morgan fingerprint density at radius 3 is 2.50 bits per heavy atom. The topological polar surface area (TPSA) is 37.3 Å². The molecule has 4 heteroatoms. The van der Waals surface area contributed by atoms with Crippen LogP contribution in [0.4, 0.5) is 8.78 Å². The molecular weight excluding hydrogens is 190 g/mol. The van der Waals surface area contributed by atoms with Gasteiger partial charge in [0.15, 0.2) is 0 Å². The van der Waals surface area contributed by atoms with Crippen LogP contribution in [0.3, 0.4) is 0 Å². The fraction of sp³-hybridized carbons (Fsp3) is 0.300. The van der Waals surface area contributed by atoms with E-state index < -0.39 is 23.0 Å². The van der Waals surface area contributed by atoms with E-state index >= 15 is 0 Å². The first kappa shape index (κ1) is 9.12. The molecule has 0 bridgehead atoms. The molecule has 1 N–H and O–H groups in total. The van der Waals surface area contributed by atoms with E-state index in [1.807, 2.05) is 0 Å². The molecule has 1 aliphatic carbocycles. The number of aliphatic carboxylic acids is 1. The van der Waals surface area contributed by atoms with Crippen molar-refractivity contribution in [3.8, 4) is 0 Å². The number of benzene rings is 1. The van der Waals surface area contributed by atoms with Gasteiger partial charge < -0.3 is 5.11 Å². The molecule has 14 heavy (non-hydrogen) atoms. The maximum Gasteiger partial charge on any atom is 0.314 e. The normalized spacial score (nSPS) is 17.9. The molecule has 1 fully saturated rings. The van der Waals surface area contributed by atoms with Crippen molar-refractivity contribution in [2.75, 3.05) is 0 Å². The fourth-order valence-corrected chi connectivity index (χ4v) is 1.59. The van der Waals surface area contributed by atoms with Crippen LogP contribution in [0.2, 0.25) is 0 Å². The highest BCUT2D eigenvalue weighted by atomic mass is 19.1. The Bertz CT molecular complexity index is 397. The lowest BCUT2D eigenvalue weighted by molar-refractivity contribution is -0.140. The standard InChI is InChI=1S/C10H8F2O2/c11-6-1-2-8(12)7(5-6)10(3-4-10)9(13)14/h1-2,5H,3-4H2,(H,13,14). The van der Waals surface area contributed by atoms with Gasteiger partial charge in [-0.15, -0.1) is 0 Å². The lowest BCUT2D eigenvalue weighted by Crippen LogP contribution is -2.21. The van der Waals surface area contributed by atoms with Crippen molar-refractivity contribution in [3.05, 3.63) is 35.4 Å². The average molecular weight is 198 g/mol. The van der Waals surface area contributed by atoms with Gasteiger partial charge in [0.05, 0.1) is 5.41 Å². The Morgan fingerprint density at radius 1 is 1.36 bits per heavy atom. The summed E-state index contributed by atoms with van der Waals surface area (Å²) < 4.78 is 26.0. The Kier molecular flexibility index (Phi) is 1.80. The predicted octanol–water partition coefficient (Wildman–Crippen LogP) is 2.08. The van der Waals surface area contributed by atoms with Crippen molar-refractivity contribution in [1.29, 1.82) is 0 Å². The molecule has 0 saturated heterocycles. The van der Waals surface area contributed by atoms with Crippen LogP contribution in [-0.2, 0) is 10.2 Å². The molecule has 74 valence electrons. The molecular formula is C10H8F2O2. The number of rotatable bonds is 2. The summed E-state index contributed by atoms with van der Waals surface area (Å²) in [7, 11) is 0. The molecule has 1 aliphatic rings. The van der Waals surface area contributed by atoms with Gasteiger partial charge in [0.1, 0.15) is 11.6 Å². The second kappa shape index (κ2) is 2.77. The Balaban J connectivity index is 2.51. The van der Waals surface area contributed by atoms with E-state index in [4.69, 9.17) is 5.11 Å². The third kappa shape index (κ3) is 1.18. The zero-order valence-electron chi connectivity index (χ0n) is 7.26. The Hall–Kier alpha value is -1.45. The molecule has 2 rings (SSSR count). The average Bonchev–Trinajstić information content (AvgIpc) is 2.90. The summed E-state index contributed by atoms with van der Waals surface area (Å²) >= 11 is 0. The summed E-state index contributed by atoms with van der Waals surface area (Å²) in [6, 6.07) is 2.92. The third-order valence-corrected chi connectivity index (χ3v) is 2.60. The molecule has 0 heterocycles. The van der Waals surface area contributed by atoms with Crippen molar-refractivity contribution >= 4 is 5.97 Å². The zero-order valence-corrected chi connectivity index (χ0v) is 7.26. The highest BCUT2D eigenvalue weighted by molar-refractivity contribution is 5.84. The minimum absolute atomic E-state index is 0.0370. The number of hydrogen-bond acceptors (Lipinski definition) is 1. The van der Waals surface area contributed by atoms with Crippen molar-refractivity contribution in [2.45, 2.75) is 18.3 Å². The Labute approximate surface area is 79.2 Å². The molecule has 1 saturated carbocycles. The van der Waals surface area contributed by atoms with E-state index in [-0.39, 0.29) is 5.56 Å². The third-order valence-electron chi connectivity index (χ3n) is 2.60. The van der Waals surface area contributed by atoms with Crippen LogP contribution in [0.5, 0.6) is 0 Å². The van der Waals surface area contributed by atoms with Crippen LogP contribution >= 0.6 is 0 Å². The SMILES string of the molecule is O=C(O)C1(c2cc(F)ccc2F)CC1. The van der Waals surface area contributed by atoms with Gasteiger partial charge in [-0.25, -0.2) is 8.78 Å². The van der Waals surface area contributed by atoms with E-state index in [2.05, 4.69) is 0 Å². The molecule has 0 amide bonds. The van der Waals surface area contributed by atoms with Crippen LogP contribution in [-0.4, -0.2) is 11.1 Å². The minimum atomic E-state index is -1.17. The number of hydrogen-bond donors (Lipinski definition) is 1. The van der Waals surface area contributed by atoms with Crippen molar-refractivity contribution in [2.24, 2.45) is 0 Å². The lowest BCUT2D eigenvalue weighted by Gasteiger charge is -2.10. The van der Waals surface area contributed by atoms with Gasteiger partial charge >= 0.3 is 5.97 Å². The van der Waals surface area contributed by atoms with E-state index in [0.29, 0.717) is 12.8 Å². The van der Waals surface area contributed by atoms with Crippen LogP contribution in [0, 0.1) is 11.6 Å². The van der Waals surface area contributed by atoms with Gasteiger partial charge in [-0.05, 0) is 31.0 Å². The second-order valence-electron chi connectivity index (χ2n) is 3.51. The molecule has 0 aromatic heterocycles. The Morgan fingerprint density at radius 2 is 2.00 bits per heavy atom. The monoisotopic (exact) mass is 198 g/mol. The molecule has 0 unspecified atom stereocenters. The summed E-state index contributed by atoms with van der Waals surface area (Å²) in [5.41, 5.74) is -1.21. The van der Waals surface area contributed by atoms with Gasteiger partial charge in [-0.3, -0.25) is 4.79 Å². The van der Waals surface area contributed by atoms with Crippen LogP contribution in [0.15, 0.2) is 18.2 Å². The van der Waals surface area contributed by atoms with Gasteiger partial charge in [0.25, 0.3) is 0 Å². The molecule has 1 aromatic rings. The number of carbonyl (C=O) groups is 1. The first-order valence-electron chi connectivity index (χ1n) is 4.25. The van der Waals surface area contributed by atoms with Gasteiger partial charge in [0, 0.05) is 5.56 Å². The lowest BCUT2D eigenvalue weighted by atomic mass is 9.95. The fourth-order valence-electron chi connectivity index (χ4n) is 1.59. The van der Waals surface area contributed by atoms with E-state index in [0.717, 1.165) is 18.2 Å². The first-order valence-corrected chi connectivity index (χ1v) is 4.25. The number of carboxylic acid groups (broad SMARTS) is 1. The predicted molar refractivity (Wildman–Crippen MR) is 44.9 cm³/mol. The number of carboxylic acids is 1. The highest BCUT2D eigenvalue weighted by Crippen LogP contribution is 2.49. The van der Waals surface area contributed by atoms with Gasteiger partial charge in [-0.2, -0.15) is 0 Å². The molecule has 1 aromatic carbocycles. The quantitative estimate of drug-likeness (QED) is 0.789. The maximum atomic E-state index is 13.2. The summed E-state index contributed by atoms with van der Waals surface area (Å²) in [4.78, 5) is 10.9. The second-order valence-corrected chi connectivity index (χ2v) is 3.51. The van der Waals surface area contributed by atoms with E-state index in [9.17, 15) is 13.6 Å². The minimum Gasteiger partial charge on any atom is -0.481 e. The summed E-state index contributed by atoms with van der Waals surface area (Å²) in [5.74, 6) is -2.33. The maximum absolute atomic E-state index is 13.2. The van der Waals surface area contributed by atoms with Crippen LogP contribution in [0.1, 0.15) is 18.4 Å². The van der Waals surface area contributed by atoms with Gasteiger partial charge in [0.2, 0.25) is 0 Å². The molecule has 0 aliphatic heterocycles. The van der Waals surface area contributed by atoms with Crippen molar-refractivity contribution in [3.63, 3.8) is 0 Å². The largest absolute Gasteiger partial charge is 0.481 e. The van der Waals surface area contributed by atoms with Crippen LogP contribution < -0.4 is 0 Å². The number of halogens is 2. The molecule has 0 radical (unpaired) electrons. The summed E-state index contributed by atoms with van der Waals surface area (Å²) in [5, 5.41) is 8.88. The van der Waals surface area contributed by atoms with Crippen LogP contribution in [0.25, 0.3) is 0 Å². The van der Waals surface area contributed by atoms with Crippen molar-refractivity contribution in [1.82, 2.24) is 0 Å². The summed E-state index contributed by atoms with van der Waals surface area (Å²) in [6.07, 6.45) is 0.755. The molecule has 0 spiro atoms. The van der Waals surface area contributed by atoms with E-state index in [1.165, 1.54) is 0 Å². The molecule has 0 atom stereocenters. The highest BCUT2D eigenvalue weighted by Gasteiger charge is 2.53. The first-order chi connectivity index (χ1) is 6.56. The van der Waals surface area contributed by atoms with Gasteiger partial charge in [-0.1, -0.05) is 0 Å². The van der Waals surface area contributed by atoms with E-state index in [1.54, 1.807) is 0 Å². The van der Waals surface area contributed by atoms with Crippen molar-refractivity contribution < 1.29 is 18.7 Å². The smallest absolute Gasteiger partial charge is 0.314 e. The molecule has 2 nitrogen and oxygen atoms in total. The summed E-state index contributed by atoms with van der Waals surface area (Å²) in [6.45, 7) is 0.